The molecular formula is C13H14N4O6S. The zero-order chi connectivity index (χ0) is 17.9. The van der Waals surface area contributed by atoms with E-state index in [2.05, 4.69) is 15.0 Å². The minimum Gasteiger partial charge on any atom is -0.453 e. The lowest BCUT2D eigenvalue weighted by molar-refractivity contribution is 0.164. The smallest absolute Gasteiger partial charge is 0.412 e. The number of aryl methyl sites for hydroxylation is 1. The number of aromatic nitrogens is 2. The van der Waals surface area contributed by atoms with Crippen molar-refractivity contribution in [2.45, 2.75) is 11.8 Å². The molecule has 0 fully saturated rings. The Morgan fingerprint density at radius 1 is 1.33 bits per heavy atom. The van der Waals surface area contributed by atoms with Crippen LogP contribution in [-0.4, -0.2) is 36.5 Å². The predicted octanol–water partition coefficient (Wildman–Crippen LogP) is 0.854. The van der Waals surface area contributed by atoms with Crippen LogP contribution in [0.5, 0.6) is 5.88 Å². The van der Waals surface area contributed by atoms with Crippen molar-refractivity contribution in [3.05, 3.63) is 41.5 Å². The monoisotopic (exact) mass is 354 g/mol. The maximum atomic E-state index is 12.2. The van der Waals surface area contributed by atoms with Gasteiger partial charge in [0.25, 0.3) is 5.62 Å². The molecule has 0 aliphatic heterocycles. The van der Waals surface area contributed by atoms with E-state index in [0.29, 0.717) is 0 Å². The van der Waals surface area contributed by atoms with Crippen LogP contribution < -0.4 is 15.1 Å². The normalized spacial score (nSPS) is 10.9. The van der Waals surface area contributed by atoms with Crippen molar-refractivity contribution in [2.75, 3.05) is 12.4 Å². The van der Waals surface area contributed by atoms with Gasteiger partial charge in [-0.15, -0.1) is 4.73 Å². The number of methoxy groups -OCH3 is 1. The van der Waals surface area contributed by atoms with Crippen LogP contribution in [0.2, 0.25) is 0 Å². The molecular weight excluding hydrogens is 340 g/mol. The molecule has 0 spiro atoms. The number of carbonyl (C=O) groups is 1. The predicted molar refractivity (Wildman–Crippen MR) is 80.3 cm³/mol. The second-order valence-electron chi connectivity index (χ2n) is 4.58. The maximum absolute atomic E-state index is 12.2. The Bertz CT molecular complexity index is 920. The average Bonchev–Trinajstić information content (AvgIpc) is 2.52. The summed E-state index contributed by atoms with van der Waals surface area (Å²) in [6.45, 7) is 1.80. The van der Waals surface area contributed by atoms with E-state index in [1.807, 2.05) is 0 Å². The molecule has 2 rings (SSSR count). The number of hydrogen-bond acceptors (Lipinski definition) is 8. The summed E-state index contributed by atoms with van der Waals surface area (Å²) in [6, 6.07) is 6.83. The number of carbonyl (C=O) groups excluding carboxylic acids is 1. The summed E-state index contributed by atoms with van der Waals surface area (Å²) in [7, 11) is -3.09. The van der Waals surface area contributed by atoms with Gasteiger partial charge in [0.1, 0.15) is 4.90 Å². The van der Waals surface area contributed by atoms with Gasteiger partial charge in [-0.3, -0.25) is 10.7 Å². The average molecular weight is 354 g/mol. The summed E-state index contributed by atoms with van der Waals surface area (Å²) >= 11 is 0. The molecule has 0 unspecified atom stereocenters. The first-order valence-corrected chi connectivity index (χ1v) is 7.88. The Morgan fingerprint density at radius 2 is 1.96 bits per heavy atom. The summed E-state index contributed by atoms with van der Waals surface area (Å²) in [5.41, 5.74) is 0.115. The number of nitrogens with one attached hydrogen (secondary N) is 2. The van der Waals surface area contributed by atoms with E-state index in [9.17, 15) is 18.4 Å². The first-order chi connectivity index (χ1) is 11.2. The van der Waals surface area contributed by atoms with Crippen LogP contribution >= 0.6 is 0 Å². The van der Waals surface area contributed by atoms with E-state index in [1.165, 1.54) is 12.1 Å². The highest BCUT2D eigenvalue weighted by atomic mass is 32.2. The van der Waals surface area contributed by atoms with Gasteiger partial charge in [-0.1, -0.05) is 17.7 Å². The molecule has 128 valence electrons. The molecule has 10 nitrogen and oxygen atoms in total. The van der Waals surface area contributed by atoms with E-state index in [1.54, 1.807) is 19.1 Å². The second kappa shape index (κ2) is 6.58. The van der Waals surface area contributed by atoms with Crippen LogP contribution in [0.3, 0.4) is 0 Å². The Hall–Kier alpha value is -3.08. The number of hydrogen-bond donors (Lipinski definition) is 3. The Kier molecular flexibility index (Phi) is 4.74. The number of rotatable bonds is 4. The standard InChI is InChI=1S/C13H14N4O6S/c1-8-3-5-9(6-4-8)24(20,21)23-11-7-10(15-13(18)22-2)17(19)12(14)16-11/h3-7,14,19H,1-2H3,(H,15,18). The van der Waals surface area contributed by atoms with Crippen molar-refractivity contribution in [2.24, 2.45) is 0 Å². The molecule has 0 bridgehead atoms. The molecule has 0 saturated heterocycles. The van der Waals surface area contributed by atoms with Crippen molar-refractivity contribution >= 4 is 22.0 Å². The summed E-state index contributed by atoms with van der Waals surface area (Å²) in [4.78, 5) is 14.6. The van der Waals surface area contributed by atoms with Crippen LogP contribution in [0.15, 0.2) is 35.2 Å². The highest BCUT2D eigenvalue weighted by molar-refractivity contribution is 7.87. The summed E-state index contributed by atoms with van der Waals surface area (Å²) in [6.07, 6.45) is -0.934. The Balaban J connectivity index is 2.37. The van der Waals surface area contributed by atoms with Gasteiger partial charge >= 0.3 is 16.2 Å². The first-order valence-electron chi connectivity index (χ1n) is 6.47. The minimum atomic E-state index is -4.19. The summed E-state index contributed by atoms with van der Waals surface area (Å²) in [5, 5.41) is 19.2. The van der Waals surface area contributed by atoms with Crippen LogP contribution in [0.25, 0.3) is 0 Å². The third-order valence-electron chi connectivity index (χ3n) is 2.83. The Morgan fingerprint density at radius 3 is 2.54 bits per heavy atom. The maximum Gasteiger partial charge on any atom is 0.412 e. The number of benzene rings is 1. The van der Waals surface area contributed by atoms with E-state index in [-0.39, 0.29) is 15.4 Å². The fourth-order valence-corrected chi connectivity index (χ4v) is 2.50. The molecule has 3 N–H and O–H groups in total. The minimum absolute atomic E-state index is 0.107. The van der Waals surface area contributed by atoms with E-state index >= 15 is 0 Å². The lowest BCUT2D eigenvalue weighted by Gasteiger charge is -2.10. The molecule has 0 atom stereocenters. The number of anilines is 1. The van der Waals surface area contributed by atoms with Gasteiger partial charge in [-0.25, -0.2) is 4.79 Å². The number of amides is 1. The number of ether oxygens (including phenoxy) is 1. The third kappa shape index (κ3) is 3.81. The molecule has 1 aromatic carbocycles. The molecule has 0 radical (unpaired) electrons. The zero-order valence-electron chi connectivity index (χ0n) is 12.7. The van der Waals surface area contributed by atoms with E-state index in [4.69, 9.17) is 9.59 Å². The highest BCUT2D eigenvalue weighted by Gasteiger charge is 2.19. The van der Waals surface area contributed by atoms with E-state index < -0.39 is 27.7 Å². The summed E-state index contributed by atoms with van der Waals surface area (Å²) in [5.74, 6) is -0.853. The fraction of sp³-hybridized carbons (Fsp3) is 0.154. The SMILES string of the molecule is COC(=O)Nc1cc(OS(=O)(=O)c2ccc(C)cc2)nc(=N)n1O. The second-order valence-corrected chi connectivity index (χ2v) is 6.13. The quantitative estimate of drug-likeness (QED) is 0.545. The third-order valence-corrected chi connectivity index (χ3v) is 4.07. The molecule has 1 heterocycles. The topological polar surface area (TPSA) is 144 Å². The lowest BCUT2D eigenvalue weighted by atomic mass is 10.2. The van der Waals surface area contributed by atoms with Gasteiger partial charge < -0.3 is 14.1 Å². The van der Waals surface area contributed by atoms with Gasteiger partial charge in [-0.05, 0) is 19.1 Å². The fourth-order valence-electron chi connectivity index (χ4n) is 1.63. The molecule has 2 aromatic rings. The van der Waals surface area contributed by atoms with Crippen molar-refractivity contribution < 1.29 is 27.3 Å². The van der Waals surface area contributed by atoms with Crippen molar-refractivity contribution in [1.29, 1.82) is 5.41 Å². The van der Waals surface area contributed by atoms with Gasteiger partial charge in [0.2, 0.25) is 5.88 Å². The van der Waals surface area contributed by atoms with Crippen LogP contribution in [0.1, 0.15) is 5.56 Å². The molecule has 11 heteroatoms. The molecule has 0 aliphatic rings. The zero-order valence-corrected chi connectivity index (χ0v) is 13.5. The molecule has 24 heavy (non-hydrogen) atoms. The van der Waals surface area contributed by atoms with Gasteiger partial charge in [0.05, 0.1) is 7.11 Å². The number of nitrogens with zero attached hydrogens (tertiary/aromatic N) is 2. The summed E-state index contributed by atoms with van der Waals surface area (Å²) < 4.78 is 33.8. The molecule has 0 aliphatic carbocycles. The van der Waals surface area contributed by atoms with Gasteiger partial charge in [0.15, 0.2) is 5.82 Å². The Labute approximate surface area is 136 Å². The van der Waals surface area contributed by atoms with Crippen molar-refractivity contribution in [1.82, 2.24) is 9.71 Å². The van der Waals surface area contributed by atoms with Crippen LogP contribution in [0.4, 0.5) is 10.6 Å². The van der Waals surface area contributed by atoms with Crippen LogP contribution in [0, 0.1) is 12.3 Å². The van der Waals surface area contributed by atoms with Gasteiger partial charge in [-0.2, -0.15) is 13.4 Å². The molecule has 0 saturated carbocycles. The highest BCUT2D eigenvalue weighted by Crippen LogP contribution is 2.18. The van der Waals surface area contributed by atoms with Gasteiger partial charge in [0, 0.05) is 6.07 Å². The largest absolute Gasteiger partial charge is 0.453 e. The molecule has 1 aromatic heterocycles. The van der Waals surface area contributed by atoms with E-state index in [0.717, 1.165) is 18.7 Å². The van der Waals surface area contributed by atoms with Crippen molar-refractivity contribution in [3.63, 3.8) is 0 Å². The first kappa shape index (κ1) is 17.3. The van der Waals surface area contributed by atoms with Crippen molar-refractivity contribution in [3.8, 4) is 5.88 Å². The van der Waals surface area contributed by atoms with Crippen LogP contribution in [-0.2, 0) is 14.9 Å². The molecule has 1 amide bonds. The lowest BCUT2D eigenvalue weighted by Crippen LogP contribution is -2.27.